The van der Waals surface area contributed by atoms with Crippen molar-refractivity contribution in [3.63, 3.8) is 0 Å². The standard InChI is InChI=1S/C19H27NO4S2/c1-4-24-19(21)20-9-8-14(18-25-10-5-11-26-18)16-13(12-20)6-7-15(22-2)17(16)23-3/h6-7,14,18H,4-5,8-12H2,1-3H3. The Bertz CT molecular complexity index is 634. The fraction of sp³-hybridized carbons (Fsp3) is 0.632. The van der Waals surface area contributed by atoms with Crippen molar-refractivity contribution >= 4 is 29.6 Å². The molecule has 0 aliphatic carbocycles. The molecule has 1 unspecified atom stereocenters. The molecule has 1 atom stereocenters. The fourth-order valence-electron chi connectivity index (χ4n) is 3.64. The number of hydrogen-bond donors (Lipinski definition) is 0. The van der Waals surface area contributed by atoms with Gasteiger partial charge in [0.1, 0.15) is 0 Å². The molecule has 2 aliphatic heterocycles. The minimum Gasteiger partial charge on any atom is -0.493 e. The summed E-state index contributed by atoms with van der Waals surface area (Å²) in [5, 5.41) is 0. The van der Waals surface area contributed by atoms with Crippen LogP contribution in [0.15, 0.2) is 12.1 Å². The molecule has 5 nitrogen and oxygen atoms in total. The molecular formula is C19H27NO4S2. The second kappa shape index (κ2) is 9.13. The van der Waals surface area contributed by atoms with Crippen LogP contribution in [0.5, 0.6) is 11.5 Å². The topological polar surface area (TPSA) is 48.0 Å². The summed E-state index contributed by atoms with van der Waals surface area (Å²) in [7, 11) is 3.37. The highest BCUT2D eigenvalue weighted by Gasteiger charge is 2.35. The third-order valence-electron chi connectivity index (χ3n) is 4.82. The van der Waals surface area contributed by atoms with Gasteiger partial charge in [-0.2, -0.15) is 0 Å². The molecule has 1 amide bonds. The normalized spacial score (nSPS) is 20.9. The molecule has 2 aliphatic rings. The second-order valence-electron chi connectivity index (χ2n) is 6.35. The Labute approximate surface area is 164 Å². The number of thioether (sulfide) groups is 2. The third-order valence-corrected chi connectivity index (χ3v) is 8.00. The largest absolute Gasteiger partial charge is 0.493 e. The lowest BCUT2D eigenvalue weighted by Gasteiger charge is -2.31. The quantitative estimate of drug-likeness (QED) is 0.753. The number of carbonyl (C=O) groups excluding carboxylic acids is 1. The number of amides is 1. The summed E-state index contributed by atoms with van der Waals surface area (Å²) in [5.74, 6) is 4.28. The maximum absolute atomic E-state index is 12.4. The zero-order valence-electron chi connectivity index (χ0n) is 15.7. The van der Waals surface area contributed by atoms with Crippen molar-refractivity contribution in [3.05, 3.63) is 23.3 Å². The van der Waals surface area contributed by atoms with Crippen LogP contribution in [-0.2, 0) is 11.3 Å². The lowest BCUT2D eigenvalue weighted by Crippen LogP contribution is -2.31. The lowest BCUT2D eigenvalue weighted by molar-refractivity contribution is 0.105. The summed E-state index contributed by atoms with van der Waals surface area (Å²) in [5.41, 5.74) is 2.33. The van der Waals surface area contributed by atoms with Crippen LogP contribution >= 0.6 is 23.5 Å². The Morgan fingerprint density at radius 2 is 2.00 bits per heavy atom. The van der Waals surface area contributed by atoms with Crippen molar-refractivity contribution in [1.29, 1.82) is 0 Å². The number of nitrogens with zero attached hydrogens (tertiary/aromatic N) is 1. The number of ether oxygens (including phenoxy) is 3. The maximum atomic E-state index is 12.4. The van der Waals surface area contributed by atoms with Gasteiger partial charge in [0.15, 0.2) is 11.5 Å². The van der Waals surface area contributed by atoms with Crippen molar-refractivity contribution in [2.75, 3.05) is 38.9 Å². The number of benzene rings is 1. The molecule has 26 heavy (non-hydrogen) atoms. The van der Waals surface area contributed by atoms with Crippen molar-refractivity contribution < 1.29 is 19.0 Å². The number of fused-ring (bicyclic) bond motifs is 1. The number of rotatable bonds is 4. The van der Waals surface area contributed by atoms with Crippen LogP contribution in [0, 0.1) is 0 Å². The minimum atomic E-state index is -0.238. The Balaban J connectivity index is 2.01. The van der Waals surface area contributed by atoms with E-state index in [1.807, 2.05) is 41.4 Å². The van der Waals surface area contributed by atoms with E-state index >= 15 is 0 Å². The van der Waals surface area contributed by atoms with E-state index in [0.29, 0.717) is 30.2 Å². The zero-order chi connectivity index (χ0) is 18.5. The molecule has 7 heteroatoms. The monoisotopic (exact) mass is 397 g/mol. The molecule has 1 saturated heterocycles. The lowest BCUT2D eigenvalue weighted by atomic mass is 9.92. The molecule has 1 fully saturated rings. The first-order valence-corrected chi connectivity index (χ1v) is 11.2. The van der Waals surface area contributed by atoms with Gasteiger partial charge in [-0.3, -0.25) is 0 Å². The van der Waals surface area contributed by atoms with Gasteiger partial charge in [-0.25, -0.2) is 4.79 Å². The minimum absolute atomic E-state index is 0.238. The van der Waals surface area contributed by atoms with Gasteiger partial charge < -0.3 is 19.1 Å². The van der Waals surface area contributed by atoms with E-state index in [2.05, 4.69) is 6.07 Å². The molecule has 2 heterocycles. The molecule has 0 bridgehead atoms. The van der Waals surface area contributed by atoms with Crippen LogP contribution < -0.4 is 9.47 Å². The van der Waals surface area contributed by atoms with E-state index in [1.165, 1.54) is 23.5 Å². The summed E-state index contributed by atoms with van der Waals surface area (Å²) in [6.45, 7) is 3.48. The summed E-state index contributed by atoms with van der Waals surface area (Å²) in [6.07, 6.45) is 1.92. The highest BCUT2D eigenvalue weighted by atomic mass is 32.2. The van der Waals surface area contributed by atoms with Gasteiger partial charge in [0.05, 0.1) is 25.4 Å². The summed E-state index contributed by atoms with van der Waals surface area (Å²) in [6, 6.07) is 4.00. The molecule has 1 aromatic carbocycles. The number of methoxy groups -OCH3 is 2. The first-order chi connectivity index (χ1) is 12.7. The number of hydrogen-bond acceptors (Lipinski definition) is 6. The Morgan fingerprint density at radius 3 is 2.65 bits per heavy atom. The highest BCUT2D eigenvalue weighted by Crippen LogP contribution is 2.49. The zero-order valence-corrected chi connectivity index (χ0v) is 17.3. The van der Waals surface area contributed by atoms with E-state index in [9.17, 15) is 4.79 Å². The van der Waals surface area contributed by atoms with E-state index in [1.54, 1.807) is 14.2 Å². The summed E-state index contributed by atoms with van der Waals surface area (Å²) in [4.78, 5) is 14.2. The Hall–Kier alpha value is -1.21. The fourth-order valence-corrected chi connectivity index (χ4v) is 6.88. The predicted molar refractivity (Wildman–Crippen MR) is 108 cm³/mol. The summed E-state index contributed by atoms with van der Waals surface area (Å²) >= 11 is 4.05. The predicted octanol–water partition coefficient (Wildman–Crippen LogP) is 4.35. The second-order valence-corrected chi connectivity index (χ2v) is 9.15. The SMILES string of the molecule is CCOC(=O)N1CCC(C2SCCCS2)c2c(ccc(OC)c2OC)C1. The van der Waals surface area contributed by atoms with Crippen LogP contribution in [-0.4, -0.2) is 54.5 Å². The van der Waals surface area contributed by atoms with E-state index in [0.717, 1.165) is 23.5 Å². The van der Waals surface area contributed by atoms with Crippen LogP contribution in [0.2, 0.25) is 0 Å². The van der Waals surface area contributed by atoms with Crippen LogP contribution in [0.1, 0.15) is 36.8 Å². The molecule has 0 N–H and O–H groups in total. The van der Waals surface area contributed by atoms with E-state index in [4.69, 9.17) is 14.2 Å². The average molecular weight is 398 g/mol. The van der Waals surface area contributed by atoms with E-state index in [-0.39, 0.29) is 6.09 Å². The van der Waals surface area contributed by atoms with Crippen molar-refractivity contribution in [2.45, 2.75) is 36.8 Å². The van der Waals surface area contributed by atoms with Crippen LogP contribution in [0.4, 0.5) is 4.79 Å². The summed E-state index contributed by atoms with van der Waals surface area (Å²) < 4.78 is 17.1. The number of carbonyl (C=O) groups is 1. The van der Waals surface area contributed by atoms with Crippen LogP contribution in [0.3, 0.4) is 0 Å². The molecule has 1 aromatic rings. The molecule has 0 saturated carbocycles. The van der Waals surface area contributed by atoms with Gasteiger partial charge >= 0.3 is 6.09 Å². The van der Waals surface area contributed by atoms with Crippen LogP contribution in [0.25, 0.3) is 0 Å². The Kier molecular flexibility index (Phi) is 6.86. The first kappa shape index (κ1) is 19.5. The maximum Gasteiger partial charge on any atom is 0.410 e. The van der Waals surface area contributed by atoms with Gasteiger partial charge in [0.2, 0.25) is 0 Å². The highest BCUT2D eigenvalue weighted by molar-refractivity contribution is 8.17. The van der Waals surface area contributed by atoms with Crippen molar-refractivity contribution in [1.82, 2.24) is 4.90 Å². The van der Waals surface area contributed by atoms with Crippen molar-refractivity contribution in [2.24, 2.45) is 0 Å². The van der Waals surface area contributed by atoms with Gasteiger partial charge in [0, 0.05) is 24.6 Å². The van der Waals surface area contributed by atoms with Gasteiger partial charge in [-0.05, 0) is 42.9 Å². The molecule has 0 spiro atoms. The molecule has 144 valence electrons. The van der Waals surface area contributed by atoms with Gasteiger partial charge in [-0.15, -0.1) is 23.5 Å². The van der Waals surface area contributed by atoms with Crippen molar-refractivity contribution in [3.8, 4) is 11.5 Å². The average Bonchev–Trinajstić information content (AvgIpc) is 2.87. The van der Waals surface area contributed by atoms with Gasteiger partial charge in [-0.1, -0.05) is 6.07 Å². The van der Waals surface area contributed by atoms with Gasteiger partial charge in [0.25, 0.3) is 0 Å². The molecule has 0 radical (unpaired) electrons. The smallest absolute Gasteiger partial charge is 0.410 e. The third kappa shape index (κ3) is 4.03. The molecule has 3 rings (SSSR count). The molecular weight excluding hydrogens is 370 g/mol. The molecule has 0 aromatic heterocycles. The Morgan fingerprint density at radius 1 is 1.23 bits per heavy atom. The first-order valence-electron chi connectivity index (χ1n) is 9.08. The van der Waals surface area contributed by atoms with E-state index < -0.39 is 0 Å².